The maximum absolute atomic E-state index is 11.7. The smallest absolute Gasteiger partial charge is 0.243 e. The Labute approximate surface area is 162 Å². The van der Waals surface area contributed by atoms with Gasteiger partial charge in [0.15, 0.2) is 5.96 Å². The fourth-order valence-electron chi connectivity index (χ4n) is 2.70. The average Bonchev–Trinajstić information content (AvgIpc) is 2.52. The number of carbonyl (C=O) groups excluding carboxylic acids is 1. The Kier molecular flexibility index (Phi) is 13.0. The van der Waals surface area contributed by atoms with Crippen molar-refractivity contribution in [2.24, 2.45) is 10.9 Å². The summed E-state index contributed by atoms with van der Waals surface area (Å²) >= 11 is 1.80. The molecule has 0 aliphatic heterocycles. The molecule has 0 bridgehead atoms. The molecule has 0 saturated heterocycles. The fraction of sp³-hybridized carbons (Fsp3) is 0.875. The summed E-state index contributed by atoms with van der Waals surface area (Å²) in [6, 6.07) is 0.480. The van der Waals surface area contributed by atoms with Crippen LogP contribution in [-0.4, -0.2) is 62.0 Å². The molecule has 1 rings (SSSR count). The summed E-state index contributed by atoms with van der Waals surface area (Å²) in [6.07, 6.45) is 8.38. The van der Waals surface area contributed by atoms with Gasteiger partial charge in [-0.05, 0) is 25.0 Å². The molecule has 1 fully saturated rings. The van der Waals surface area contributed by atoms with Gasteiger partial charge in [-0.1, -0.05) is 26.2 Å². The second kappa shape index (κ2) is 13.1. The minimum absolute atomic E-state index is 0. The first-order valence-electron chi connectivity index (χ1n) is 8.30. The van der Waals surface area contributed by atoms with Crippen molar-refractivity contribution in [3.8, 4) is 0 Å². The number of thioether (sulfide) groups is 1. The standard InChI is InChI=1S/C16H32N4OS.HI/c1-5-13-7-6-8-14(11-13)19-16(17-9-10-22-4)18-12-15(21)20(2)3;/h13-14H,5-12H2,1-4H3,(H2,17,18,19);1H. The van der Waals surface area contributed by atoms with E-state index in [4.69, 9.17) is 0 Å². The SMILES string of the molecule is CCC1CCCC(NC(=NCC(=O)N(C)C)NCCSC)C1.I. The van der Waals surface area contributed by atoms with Crippen molar-refractivity contribution in [2.75, 3.05) is 39.2 Å². The van der Waals surface area contributed by atoms with Gasteiger partial charge in [-0.15, -0.1) is 24.0 Å². The van der Waals surface area contributed by atoms with E-state index in [-0.39, 0.29) is 36.4 Å². The van der Waals surface area contributed by atoms with Crippen molar-refractivity contribution in [1.82, 2.24) is 15.5 Å². The van der Waals surface area contributed by atoms with E-state index in [1.165, 1.54) is 32.1 Å². The minimum Gasteiger partial charge on any atom is -0.356 e. The summed E-state index contributed by atoms with van der Waals surface area (Å²) in [7, 11) is 3.53. The molecule has 2 N–H and O–H groups in total. The number of likely N-dealkylation sites (N-methyl/N-ethyl adjacent to an activating group) is 1. The molecule has 2 unspecified atom stereocenters. The molecular formula is C16H33IN4OS. The van der Waals surface area contributed by atoms with Gasteiger partial charge in [-0.3, -0.25) is 4.79 Å². The van der Waals surface area contributed by atoms with Crippen molar-refractivity contribution >= 4 is 47.6 Å². The lowest BCUT2D eigenvalue weighted by molar-refractivity contribution is -0.127. The molecule has 0 spiro atoms. The predicted molar refractivity (Wildman–Crippen MR) is 112 cm³/mol. The lowest BCUT2D eigenvalue weighted by Gasteiger charge is -2.30. The first-order valence-corrected chi connectivity index (χ1v) is 9.70. The quantitative estimate of drug-likeness (QED) is 0.268. The lowest BCUT2D eigenvalue weighted by atomic mass is 9.84. The Balaban J connectivity index is 0.00000484. The van der Waals surface area contributed by atoms with E-state index >= 15 is 0 Å². The Hall–Kier alpha value is -0.180. The fourth-order valence-corrected chi connectivity index (χ4v) is 3.00. The number of aliphatic imine (C=N–C) groups is 1. The molecule has 0 heterocycles. The van der Waals surface area contributed by atoms with Crippen LogP contribution in [0.1, 0.15) is 39.0 Å². The van der Waals surface area contributed by atoms with Crippen LogP contribution >= 0.6 is 35.7 Å². The summed E-state index contributed by atoms with van der Waals surface area (Å²) in [5, 5.41) is 6.87. The van der Waals surface area contributed by atoms with Crippen LogP contribution in [0.3, 0.4) is 0 Å². The van der Waals surface area contributed by atoms with Gasteiger partial charge in [-0.25, -0.2) is 4.99 Å². The van der Waals surface area contributed by atoms with Crippen molar-refractivity contribution in [2.45, 2.75) is 45.1 Å². The number of nitrogens with zero attached hydrogens (tertiary/aromatic N) is 2. The van der Waals surface area contributed by atoms with E-state index in [1.807, 2.05) is 0 Å². The highest BCUT2D eigenvalue weighted by molar-refractivity contribution is 14.0. The molecule has 1 saturated carbocycles. The molecule has 136 valence electrons. The van der Waals surface area contributed by atoms with Gasteiger partial charge in [0.1, 0.15) is 6.54 Å². The van der Waals surface area contributed by atoms with Crippen LogP contribution in [-0.2, 0) is 4.79 Å². The van der Waals surface area contributed by atoms with Crippen LogP contribution in [0.4, 0.5) is 0 Å². The van der Waals surface area contributed by atoms with Crippen molar-refractivity contribution in [3.05, 3.63) is 0 Å². The third kappa shape index (κ3) is 9.64. The maximum Gasteiger partial charge on any atom is 0.243 e. The third-order valence-corrected chi connectivity index (χ3v) is 4.78. The van der Waals surface area contributed by atoms with Crippen molar-refractivity contribution < 1.29 is 4.79 Å². The largest absolute Gasteiger partial charge is 0.356 e. The average molecular weight is 456 g/mol. The zero-order chi connectivity index (χ0) is 16.4. The number of amides is 1. The number of hydrogen-bond donors (Lipinski definition) is 2. The molecule has 0 aromatic carbocycles. The van der Waals surface area contributed by atoms with Gasteiger partial charge in [0, 0.05) is 32.4 Å². The Morgan fingerprint density at radius 2 is 2.09 bits per heavy atom. The number of halogens is 1. The van der Waals surface area contributed by atoms with Gasteiger partial charge in [-0.2, -0.15) is 11.8 Å². The third-order valence-electron chi connectivity index (χ3n) is 4.17. The molecular weight excluding hydrogens is 423 g/mol. The van der Waals surface area contributed by atoms with Crippen LogP contribution < -0.4 is 10.6 Å². The second-order valence-electron chi connectivity index (χ2n) is 6.15. The Morgan fingerprint density at radius 1 is 1.35 bits per heavy atom. The summed E-state index contributed by atoms with van der Waals surface area (Å²) < 4.78 is 0. The van der Waals surface area contributed by atoms with Crippen LogP contribution in [0.5, 0.6) is 0 Å². The van der Waals surface area contributed by atoms with E-state index in [1.54, 1.807) is 30.8 Å². The number of hydrogen-bond acceptors (Lipinski definition) is 3. The van der Waals surface area contributed by atoms with E-state index in [0.29, 0.717) is 6.04 Å². The van der Waals surface area contributed by atoms with Gasteiger partial charge in [0.25, 0.3) is 0 Å². The van der Waals surface area contributed by atoms with E-state index < -0.39 is 0 Å². The van der Waals surface area contributed by atoms with Gasteiger partial charge in [0.2, 0.25) is 5.91 Å². The second-order valence-corrected chi connectivity index (χ2v) is 7.14. The van der Waals surface area contributed by atoms with Crippen LogP contribution in [0.25, 0.3) is 0 Å². The number of rotatable bonds is 7. The molecule has 1 aliphatic carbocycles. The van der Waals surface area contributed by atoms with Crippen LogP contribution in [0.2, 0.25) is 0 Å². The Bertz CT molecular complexity index is 366. The molecule has 23 heavy (non-hydrogen) atoms. The summed E-state index contributed by atoms with van der Waals surface area (Å²) in [6.45, 7) is 3.34. The topological polar surface area (TPSA) is 56.7 Å². The zero-order valence-corrected chi connectivity index (χ0v) is 18.1. The highest BCUT2D eigenvalue weighted by Crippen LogP contribution is 2.26. The minimum atomic E-state index is 0. The summed E-state index contributed by atoms with van der Waals surface area (Å²) in [4.78, 5) is 17.8. The number of nitrogens with one attached hydrogen (secondary N) is 2. The molecule has 0 radical (unpaired) electrons. The molecule has 7 heteroatoms. The van der Waals surface area contributed by atoms with Gasteiger partial charge in [0.05, 0.1) is 0 Å². The molecule has 1 aliphatic rings. The van der Waals surface area contributed by atoms with E-state index in [0.717, 1.165) is 24.2 Å². The highest BCUT2D eigenvalue weighted by Gasteiger charge is 2.21. The first kappa shape index (κ1) is 22.8. The van der Waals surface area contributed by atoms with Crippen LogP contribution in [0, 0.1) is 5.92 Å². The summed E-state index contributed by atoms with van der Waals surface area (Å²) in [5.74, 6) is 2.67. The van der Waals surface area contributed by atoms with Crippen molar-refractivity contribution in [1.29, 1.82) is 0 Å². The van der Waals surface area contributed by atoms with Gasteiger partial charge < -0.3 is 15.5 Å². The highest BCUT2D eigenvalue weighted by atomic mass is 127. The molecule has 1 amide bonds. The van der Waals surface area contributed by atoms with Gasteiger partial charge >= 0.3 is 0 Å². The summed E-state index contributed by atoms with van der Waals surface area (Å²) in [5.41, 5.74) is 0. The maximum atomic E-state index is 11.7. The first-order chi connectivity index (χ1) is 10.6. The normalized spacial score (nSPS) is 21.3. The Morgan fingerprint density at radius 3 is 2.70 bits per heavy atom. The number of guanidine groups is 1. The molecule has 5 nitrogen and oxygen atoms in total. The number of carbonyl (C=O) groups is 1. The monoisotopic (exact) mass is 456 g/mol. The predicted octanol–water partition coefficient (Wildman–Crippen LogP) is 2.56. The zero-order valence-electron chi connectivity index (χ0n) is 14.9. The molecule has 0 aromatic heterocycles. The van der Waals surface area contributed by atoms with E-state index in [9.17, 15) is 4.79 Å². The lowest BCUT2D eigenvalue weighted by Crippen LogP contribution is -2.46. The molecule has 2 atom stereocenters. The van der Waals surface area contributed by atoms with E-state index in [2.05, 4.69) is 28.8 Å². The molecule has 0 aromatic rings. The van der Waals surface area contributed by atoms with Crippen LogP contribution in [0.15, 0.2) is 4.99 Å². The van der Waals surface area contributed by atoms with Crippen molar-refractivity contribution in [3.63, 3.8) is 0 Å².